The Balaban J connectivity index is 2.25. The fourth-order valence-electron chi connectivity index (χ4n) is 3.50. The van der Waals surface area contributed by atoms with Gasteiger partial charge in [-0.05, 0) is 41.7 Å². The Kier molecular flexibility index (Phi) is 7.08. The second-order valence-corrected chi connectivity index (χ2v) is 10.7. The lowest BCUT2D eigenvalue weighted by atomic mass is 9.83. The zero-order valence-corrected chi connectivity index (χ0v) is 19.6. The maximum atomic E-state index is 15.7. The first-order valence-electron chi connectivity index (χ1n) is 10.3. The number of hydrogen-bond donors (Lipinski definition) is 3. The molecule has 3 rings (SSSR count). The van der Waals surface area contributed by atoms with E-state index in [1.165, 1.54) is 36.4 Å². The lowest BCUT2D eigenvalue weighted by Gasteiger charge is -2.30. The molecule has 3 aromatic rings. The van der Waals surface area contributed by atoms with E-state index in [0.29, 0.717) is 9.54 Å². The topological polar surface area (TPSA) is 122 Å². The molecule has 1 amide bonds. The van der Waals surface area contributed by atoms with Crippen LogP contribution in [0.1, 0.15) is 31.9 Å². The minimum Gasteiger partial charge on any atom is -0.465 e. The highest BCUT2D eigenvalue weighted by Crippen LogP contribution is 2.34. The zero-order valence-electron chi connectivity index (χ0n) is 18.8. The summed E-state index contributed by atoms with van der Waals surface area (Å²) in [6, 6.07) is 7.24. The number of benzene rings is 1. The number of nitrogens with zero attached hydrogens (tertiary/aromatic N) is 2. The van der Waals surface area contributed by atoms with Crippen molar-refractivity contribution in [1.82, 2.24) is 14.3 Å². The van der Waals surface area contributed by atoms with Gasteiger partial charge in [0.15, 0.2) is 5.82 Å². The predicted octanol–water partition coefficient (Wildman–Crippen LogP) is 3.78. The maximum Gasteiger partial charge on any atom is 0.404 e. The molecule has 1 atom stereocenters. The van der Waals surface area contributed by atoms with E-state index in [4.69, 9.17) is 0 Å². The molecule has 0 aliphatic rings. The number of aromatic nitrogens is 2. The van der Waals surface area contributed by atoms with Gasteiger partial charge in [0.2, 0.25) is 5.95 Å². The number of aliphatic hydroxyl groups excluding tert-OH is 1. The highest BCUT2D eigenvalue weighted by atomic mass is 32.2. The molecule has 0 saturated heterocycles. The van der Waals surface area contributed by atoms with Crippen LogP contribution in [-0.2, 0) is 23.1 Å². The van der Waals surface area contributed by atoms with Gasteiger partial charge >= 0.3 is 6.09 Å². The first-order valence-corrected chi connectivity index (χ1v) is 11.8. The van der Waals surface area contributed by atoms with Crippen LogP contribution in [0.2, 0.25) is 0 Å². The number of rotatable bonds is 7. The minimum absolute atomic E-state index is 0.117. The van der Waals surface area contributed by atoms with Crippen LogP contribution in [0.15, 0.2) is 53.7 Å². The predicted molar refractivity (Wildman–Crippen MR) is 121 cm³/mol. The summed E-state index contributed by atoms with van der Waals surface area (Å²) < 4.78 is 57.9. The molecule has 0 aliphatic heterocycles. The van der Waals surface area contributed by atoms with Crippen molar-refractivity contribution in [3.63, 3.8) is 0 Å². The standard InChI is InChI=1S/C23H25F2N3O5S/c1-23(2,3)18(27-22(30)31)11-15-12-28(20(19(15)24)17-8-5-9-26-21(17)25)34(32,33)16-7-4-6-14(10-16)13-29/h4-10,12,18,27,29H,11,13H2,1-3H3,(H,30,31). The smallest absolute Gasteiger partial charge is 0.404 e. The van der Waals surface area contributed by atoms with Gasteiger partial charge in [0, 0.05) is 24.0 Å². The van der Waals surface area contributed by atoms with Crippen LogP contribution in [0.5, 0.6) is 0 Å². The van der Waals surface area contributed by atoms with E-state index in [-0.39, 0.29) is 22.4 Å². The van der Waals surface area contributed by atoms with Crippen molar-refractivity contribution in [2.45, 2.75) is 44.7 Å². The van der Waals surface area contributed by atoms with E-state index in [1.807, 2.05) is 0 Å². The Labute approximate surface area is 195 Å². The molecule has 0 radical (unpaired) electrons. The molecule has 11 heteroatoms. The average Bonchev–Trinajstić information content (AvgIpc) is 3.09. The summed E-state index contributed by atoms with van der Waals surface area (Å²) in [6.07, 6.45) is 0.679. The third kappa shape index (κ3) is 5.10. The van der Waals surface area contributed by atoms with E-state index in [1.54, 1.807) is 20.8 Å². The van der Waals surface area contributed by atoms with Crippen molar-refractivity contribution < 1.29 is 32.2 Å². The summed E-state index contributed by atoms with van der Waals surface area (Å²) in [7, 11) is -4.43. The number of halogens is 2. The van der Waals surface area contributed by atoms with Gasteiger partial charge in [0.05, 0.1) is 17.1 Å². The van der Waals surface area contributed by atoms with Crippen LogP contribution in [0.4, 0.5) is 13.6 Å². The fourth-order valence-corrected chi connectivity index (χ4v) is 4.97. The van der Waals surface area contributed by atoms with Crippen molar-refractivity contribution in [3.05, 3.63) is 71.7 Å². The number of amides is 1. The number of hydrogen-bond acceptors (Lipinski definition) is 5. The fraction of sp³-hybridized carbons (Fsp3) is 0.304. The Bertz CT molecular complexity index is 1320. The zero-order chi connectivity index (χ0) is 25.3. The third-order valence-electron chi connectivity index (χ3n) is 5.40. The van der Waals surface area contributed by atoms with Gasteiger partial charge in [0.25, 0.3) is 10.0 Å². The Morgan fingerprint density at radius 1 is 1.21 bits per heavy atom. The molecule has 0 fully saturated rings. The van der Waals surface area contributed by atoms with E-state index < -0.39 is 51.6 Å². The summed E-state index contributed by atoms with van der Waals surface area (Å²) in [5.74, 6) is -2.07. The van der Waals surface area contributed by atoms with Gasteiger partial charge in [-0.15, -0.1) is 0 Å². The molecule has 1 unspecified atom stereocenters. The number of carbonyl (C=O) groups is 1. The SMILES string of the molecule is CC(C)(C)C(Cc1cn(S(=O)(=O)c2cccc(CO)c2)c(-c2cccnc2F)c1F)NC(=O)O. The molecular formula is C23H25F2N3O5S. The normalized spacial score (nSPS) is 13.0. The van der Waals surface area contributed by atoms with Gasteiger partial charge < -0.3 is 15.5 Å². The first-order chi connectivity index (χ1) is 15.9. The molecule has 0 aliphatic carbocycles. The van der Waals surface area contributed by atoms with Crippen LogP contribution < -0.4 is 5.32 Å². The van der Waals surface area contributed by atoms with Crippen LogP contribution in [0.25, 0.3) is 11.3 Å². The quantitative estimate of drug-likeness (QED) is 0.431. The van der Waals surface area contributed by atoms with Crippen molar-refractivity contribution >= 4 is 16.1 Å². The molecule has 0 saturated carbocycles. The third-order valence-corrected chi connectivity index (χ3v) is 7.06. The van der Waals surface area contributed by atoms with Crippen LogP contribution in [0, 0.1) is 17.2 Å². The average molecular weight is 494 g/mol. The Morgan fingerprint density at radius 2 is 1.91 bits per heavy atom. The monoisotopic (exact) mass is 493 g/mol. The van der Waals surface area contributed by atoms with Crippen molar-refractivity contribution in [1.29, 1.82) is 0 Å². The van der Waals surface area contributed by atoms with Gasteiger partial charge in [-0.2, -0.15) is 4.39 Å². The molecule has 0 spiro atoms. The summed E-state index contributed by atoms with van der Waals surface area (Å²) in [4.78, 5) is 14.6. The van der Waals surface area contributed by atoms with Crippen LogP contribution >= 0.6 is 0 Å². The molecular weight excluding hydrogens is 468 g/mol. The van der Waals surface area contributed by atoms with Crippen molar-refractivity contribution in [2.24, 2.45) is 5.41 Å². The van der Waals surface area contributed by atoms with Gasteiger partial charge in [-0.25, -0.2) is 26.6 Å². The Morgan fingerprint density at radius 3 is 2.50 bits per heavy atom. The lowest BCUT2D eigenvalue weighted by Crippen LogP contribution is -2.44. The molecule has 2 aromatic heterocycles. The van der Waals surface area contributed by atoms with E-state index in [9.17, 15) is 27.8 Å². The van der Waals surface area contributed by atoms with Crippen LogP contribution in [0.3, 0.4) is 0 Å². The molecule has 8 nitrogen and oxygen atoms in total. The minimum atomic E-state index is -4.43. The van der Waals surface area contributed by atoms with Gasteiger partial charge in [-0.1, -0.05) is 32.9 Å². The Hall–Kier alpha value is -3.31. The summed E-state index contributed by atoms with van der Waals surface area (Å²) in [6.45, 7) is 4.84. The molecule has 0 bridgehead atoms. The van der Waals surface area contributed by atoms with Crippen molar-refractivity contribution in [2.75, 3.05) is 0 Å². The molecule has 34 heavy (non-hydrogen) atoms. The molecule has 182 valence electrons. The largest absolute Gasteiger partial charge is 0.465 e. The summed E-state index contributed by atoms with van der Waals surface area (Å²) in [5.41, 5.74) is -1.36. The molecule has 3 N–H and O–H groups in total. The number of pyridine rings is 1. The first kappa shape index (κ1) is 25.3. The van der Waals surface area contributed by atoms with E-state index in [2.05, 4.69) is 10.3 Å². The number of carboxylic acid groups (broad SMARTS) is 1. The van der Waals surface area contributed by atoms with Crippen LogP contribution in [-0.4, -0.2) is 39.7 Å². The lowest BCUT2D eigenvalue weighted by molar-refractivity contribution is 0.174. The van der Waals surface area contributed by atoms with E-state index >= 15 is 4.39 Å². The van der Waals surface area contributed by atoms with Crippen molar-refractivity contribution in [3.8, 4) is 11.3 Å². The second-order valence-electron chi connectivity index (χ2n) is 8.84. The van der Waals surface area contributed by atoms with E-state index in [0.717, 1.165) is 12.4 Å². The highest BCUT2D eigenvalue weighted by molar-refractivity contribution is 7.90. The summed E-state index contributed by atoms with van der Waals surface area (Å²) >= 11 is 0. The number of nitrogens with one attached hydrogen (secondary N) is 1. The second kappa shape index (κ2) is 9.51. The molecule has 1 aromatic carbocycles. The highest BCUT2D eigenvalue weighted by Gasteiger charge is 2.32. The number of aliphatic hydroxyl groups is 1. The molecule has 2 heterocycles. The van der Waals surface area contributed by atoms with Gasteiger partial charge in [-0.3, -0.25) is 0 Å². The maximum absolute atomic E-state index is 15.7. The van der Waals surface area contributed by atoms with Gasteiger partial charge in [0.1, 0.15) is 5.69 Å². The summed E-state index contributed by atoms with van der Waals surface area (Å²) in [5, 5.41) is 20.9.